The van der Waals surface area contributed by atoms with Crippen LogP contribution in [0, 0.1) is 0 Å². The number of hydrogen-bond donors (Lipinski definition) is 1. The van der Waals surface area contributed by atoms with Crippen molar-refractivity contribution in [3.05, 3.63) is 83.1 Å². The zero-order valence-corrected chi connectivity index (χ0v) is 14.4. The number of fused-ring (bicyclic) bond motifs is 1. The van der Waals surface area contributed by atoms with Gasteiger partial charge in [0.1, 0.15) is 5.52 Å². The second-order valence-electron chi connectivity index (χ2n) is 5.75. The minimum atomic E-state index is -0.180. The summed E-state index contributed by atoms with van der Waals surface area (Å²) in [6.07, 6.45) is 3.36. The van der Waals surface area contributed by atoms with Crippen molar-refractivity contribution in [1.29, 1.82) is 0 Å². The van der Waals surface area contributed by atoms with E-state index in [-0.39, 0.29) is 5.91 Å². The quantitative estimate of drug-likeness (QED) is 0.580. The summed E-state index contributed by atoms with van der Waals surface area (Å²) in [5.41, 5.74) is 3.56. The van der Waals surface area contributed by atoms with Crippen molar-refractivity contribution in [3.8, 4) is 11.5 Å². The molecule has 4 rings (SSSR count). The molecule has 0 aliphatic heterocycles. The Morgan fingerprint density at radius 2 is 1.92 bits per heavy atom. The van der Waals surface area contributed by atoms with Crippen molar-refractivity contribution in [2.45, 2.75) is 6.54 Å². The van der Waals surface area contributed by atoms with Crippen LogP contribution in [0.1, 0.15) is 15.9 Å². The molecule has 1 N–H and O–H groups in total. The van der Waals surface area contributed by atoms with E-state index in [4.69, 9.17) is 16.0 Å². The fourth-order valence-electron chi connectivity index (χ4n) is 2.62. The fourth-order valence-corrected chi connectivity index (χ4v) is 2.83. The summed E-state index contributed by atoms with van der Waals surface area (Å²) in [5.74, 6) is 0.319. The highest BCUT2D eigenvalue weighted by Gasteiger charge is 2.12. The summed E-state index contributed by atoms with van der Waals surface area (Å²) in [5, 5.41) is 3.52. The van der Waals surface area contributed by atoms with Gasteiger partial charge in [-0.1, -0.05) is 23.7 Å². The first-order valence-corrected chi connectivity index (χ1v) is 8.40. The molecule has 0 bridgehead atoms. The zero-order valence-electron chi connectivity index (χ0n) is 13.6. The van der Waals surface area contributed by atoms with Crippen LogP contribution >= 0.6 is 11.6 Å². The molecule has 0 fully saturated rings. The van der Waals surface area contributed by atoms with E-state index in [0.717, 1.165) is 11.1 Å². The number of halogens is 1. The summed E-state index contributed by atoms with van der Waals surface area (Å²) >= 11 is 5.96. The monoisotopic (exact) mass is 363 g/mol. The molecule has 0 aliphatic carbocycles. The van der Waals surface area contributed by atoms with Gasteiger partial charge in [0.25, 0.3) is 5.91 Å². The lowest BCUT2D eigenvalue weighted by molar-refractivity contribution is 0.0951. The number of nitrogens with one attached hydrogen (secondary N) is 1. The minimum Gasteiger partial charge on any atom is -0.436 e. The number of amides is 1. The molecular formula is C20H14ClN3O2. The number of carbonyl (C=O) groups excluding carboxylic acids is 1. The lowest BCUT2D eigenvalue weighted by Gasteiger charge is -2.05. The third-order valence-corrected chi connectivity index (χ3v) is 4.15. The van der Waals surface area contributed by atoms with Gasteiger partial charge in [-0.3, -0.25) is 9.78 Å². The van der Waals surface area contributed by atoms with Gasteiger partial charge in [0, 0.05) is 35.1 Å². The van der Waals surface area contributed by atoms with Gasteiger partial charge < -0.3 is 9.73 Å². The van der Waals surface area contributed by atoms with Crippen LogP contribution in [0.3, 0.4) is 0 Å². The summed E-state index contributed by atoms with van der Waals surface area (Å²) in [6, 6.07) is 16.2. The van der Waals surface area contributed by atoms with Crippen molar-refractivity contribution in [2.24, 2.45) is 0 Å². The van der Waals surface area contributed by atoms with Crippen molar-refractivity contribution in [2.75, 3.05) is 0 Å². The molecule has 1 amide bonds. The van der Waals surface area contributed by atoms with E-state index < -0.39 is 0 Å². The molecule has 6 heteroatoms. The first-order chi connectivity index (χ1) is 12.7. The van der Waals surface area contributed by atoms with E-state index >= 15 is 0 Å². The number of carbonyl (C=O) groups is 1. The molecule has 0 saturated heterocycles. The molecule has 0 saturated carbocycles. The van der Waals surface area contributed by atoms with Gasteiger partial charge in [0.05, 0.1) is 0 Å². The summed E-state index contributed by atoms with van der Waals surface area (Å²) in [6.45, 7) is 0.401. The zero-order chi connectivity index (χ0) is 17.9. The fraction of sp³-hybridized carbons (Fsp3) is 0.0500. The Bertz CT molecular complexity index is 1080. The highest BCUT2D eigenvalue weighted by Crippen LogP contribution is 2.24. The first-order valence-electron chi connectivity index (χ1n) is 8.03. The second kappa shape index (κ2) is 6.98. The van der Waals surface area contributed by atoms with Gasteiger partial charge in [-0.15, -0.1) is 0 Å². The van der Waals surface area contributed by atoms with E-state index in [2.05, 4.69) is 15.3 Å². The Labute approximate surface area is 154 Å². The molecule has 0 radical (unpaired) electrons. The number of pyridine rings is 1. The van der Waals surface area contributed by atoms with Crippen LogP contribution in [0.25, 0.3) is 22.6 Å². The molecule has 0 unspecified atom stereocenters. The van der Waals surface area contributed by atoms with Crippen LogP contribution in [-0.2, 0) is 6.54 Å². The molecular weight excluding hydrogens is 350 g/mol. The van der Waals surface area contributed by atoms with Gasteiger partial charge in [0.2, 0.25) is 5.89 Å². The highest BCUT2D eigenvalue weighted by molar-refractivity contribution is 6.30. The van der Waals surface area contributed by atoms with Crippen LogP contribution in [0.15, 0.2) is 71.4 Å². The standard InChI is InChI=1S/C20H14ClN3O2/c21-16-3-1-2-13(10-16)12-23-19(25)15-4-5-18-17(11-15)24-20(26-18)14-6-8-22-9-7-14/h1-11H,12H2,(H,23,25). The Hall–Kier alpha value is -3.18. The molecule has 0 aliphatic rings. The highest BCUT2D eigenvalue weighted by atomic mass is 35.5. The van der Waals surface area contributed by atoms with E-state index in [1.165, 1.54) is 0 Å². The van der Waals surface area contributed by atoms with Crippen LogP contribution in [0.5, 0.6) is 0 Å². The number of benzene rings is 2. The maximum atomic E-state index is 12.4. The Morgan fingerprint density at radius 1 is 1.08 bits per heavy atom. The SMILES string of the molecule is O=C(NCc1cccc(Cl)c1)c1ccc2oc(-c3ccncc3)nc2c1. The molecule has 26 heavy (non-hydrogen) atoms. The smallest absolute Gasteiger partial charge is 0.251 e. The lowest BCUT2D eigenvalue weighted by atomic mass is 10.2. The minimum absolute atomic E-state index is 0.180. The number of aromatic nitrogens is 2. The van der Waals surface area contributed by atoms with Crippen molar-refractivity contribution < 1.29 is 9.21 Å². The van der Waals surface area contributed by atoms with Crippen LogP contribution in [-0.4, -0.2) is 15.9 Å². The average molecular weight is 364 g/mol. The Kier molecular flexibility index (Phi) is 4.37. The molecule has 0 spiro atoms. The third-order valence-electron chi connectivity index (χ3n) is 3.92. The van der Waals surface area contributed by atoms with E-state index in [1.807, 2.05) is 30.3 Å². The predicted octanol–water partition coefficient (Wildman–Crippen LogP) is 4.47. The Balaban J connectivity index is 1.54. The van der Waals surface area contributed by atoms with Gasteiger partial charge in [-0.25, -0.2) is 4.98 Å². The van der Waals surface area contributed by atoms with Gasteiger partial charge in [-0.05, 0) is 48.0 Å². The average Bonchev–Trinajstić information content (AvgIpc) is 3.10. The largest absolute Gasteiger partial charge is 0.436 e. The Morgan fingerprint density at radius 3 is 2.73 bits per heavy atom. The maximum Gasteiger partial charge on any atom is 0.251 e. The summed E-state index contributed by atoms with van der Waals surface area (Å²) < 4.78 is 5.75. The summed E-state index contributed by atoms with van der Waals surface area (Å²) in [7, 11) is 0. The number of oxazole rings is 1. The molecule has 2 aromatic heterocycles. The van der Waals surface area contributed by atoms with Crippen LogP contribution in [0.2, 0.25) is 5.02 Å². The number of rotatable bonds is 4. The third kappa shape index (κ3) is 3.43. The lowest BCUT2D eigenvalue weighted by Crippen LogP contribution is -2.22. The van der Waals surface area contributed by atoms with Gasteiger partial charge >= 0.3 is 0 Å². The molecule has 128 valence electrons. The van der Waals surface area contributed by atoms with Crippen LogP contribution in [0.4, 0.5) is 0 Å². The number of nitrogens with zero attached hydrogens (tertiary/aromatic N) is 2. The first kappa shape index (κ1) is 16.3. The normalized spacial score (nSPS) is 10.8. The second-order valence-corrected chi connectivity index (χ2v) is 6.19. The van der Waals surface area contributed by atoms with Gasteiger partial charge in [0.15, 0.2) is 5.58 Å². The van der Waals surface area contributed by atoms with Gasteiger partial charge in [-0.2, -0.15) is 0 Å². The molecule has 5 nitrogen and oxygen atoms in total. The predicted molar refractivity (Wildman–Crippen MR) is 99.9 cm³/mol. The summed E-state index contributed by atoms with van der Waals surface area (Å²) in [4.78, 5) is 20.9. The molecule has 0 atom stereocenters. The number of hydrogen-bond acceptors (Lipinski definition) is 4. The van der Waals surface area contributed by atoms with Crippen LogP contribution < -0.4 is 5.32 Å². The molecule has 2 heterocycles. The molecule has 4 aromatic rings. The molecule has 2 aromatic carbocycles. The van der Waals surface area contributed by atoms with E-state index in [0.29, 0.717) is 34.1 Å². The maximum absolute atomic E-state index is 12.4. The van der Waals surface area contributed by atoms with E-state index in [9.17, 15) is 4.79 Å². The van der Waals surface area contributed by atoms with Crippen molar-refractivity contribution >= 4 is 28.6 Å². The van der Waals surface area contributed by atoms with Crippen molar-refractivity contribution in [3.63, 3.8) is 0 Å². The van der Waals surface area contributed by atoms with Crippen molar-refractivity contribution in [1.82, 2.24) is 15.3 Å². The van der Waals surface area contributed by atoms with E-state index in [1.54, 1.807) is 36.7 Å². The topological polar surface area (TPSA) is 68.0 Å².